The summed E-state index contributed by atoms with van der Waals surface area (Å²) in [4.78, 5) is 0. The summed E-state index contributed by atoms with van der Waals surface area (Å²) in [6, 6.07) is 9.90. The van der Waals surface area contributed by atoms with Crippen LogP contribution in [0.1, 0.15) is 63.5 Å². The van der Waals surface area contributed by atoms with E-state index in [1.165, 1.54) is 30.4 Å². The lowest BCUT2D eigenvalue weighted by Gasteiger charge is -2.62. The van der Waals surface area contributed by atoms with Crippen molar-refractivity contribution in [3.8, 4) is 0 Å². The molecule has 0 aliphatic heterocycles. The molecule has 4 atom stereocenters. The Morgan fingerprint density at radius 1 is 1.08 bits per heavy atom. The van der Waals surface area contributed by atoms with Crippen LogP contribution in [0.15, 0.2) is 24.3 Å². The highest BCUT2D eigenvalue weighted by molar-refractivity contribution is 5.22. The molecule has 4 fully saturated rings. The summed E-state index contributed by atoms with van der Waals surface area (Å²) in [5, 5.41) is 14.9. The van der Waals surface area contributed by atoms with Crippen molar-refractivity contribution in [2.75, 3.05) is 0 Å². The van der Waals surface area contributed by atoms with Gasteiger partial charge in [-0.3, -0.25) is 0 Å². The van der Waals surface area contributed by atoms with Crippen LogP contribution in [0.25, 0.3) is 0 Å². The molecule has 2 nitrogen and oxygen atoms in total. The first-order valence-electron chi connectivity index (χ1n) is 9.90. The van der Waals surface area contributed by atoms with Crippen LogP contribution in [-0.2, 0) is 6.42 Å². The fourth-order valence-electron chi connectivity index (χ4n) is 6.53. The lowest BCUT2D eigenvalue weighted by Crippen LogP contribution is -2.62. The average molecular weight is 328 g/mol. The Kier molecular flexibility index (Phi) is 4.04. The first-order valence-corrected chi connectivity index (χ1v) is 9.90. The Morgan fingerprint density at radius 3 is 2.29 bits per heavy atom. The van der Waals surface area contributed by atoms with Crippen LogP contribution in [0.3, 0.4) is 0 Å². The molecular formula is C22H33NO. The number of hydrogen-bond acceptors (Lipinski definition) is 2. The summed E-state index contributed by atoms with van der Waals surface area (Å²) in [6.07, 6.45) is 8.27. The second-order valence-electron chi connectivity index (χ2n) is 9.53. The highest BCUT2D eigenvalue weighted by Crippen LogP contribution is 2.62. The summed E-state index contributed by atoms with van der Waals surface area (Å²) in [7, 11) is 0. The van der Waals surface area contributed by atoms with Crippen molar-refractivity contribution >= 4 is 0 Å². The number of benzene rings is 1. The molecule has 24 heavy (non-hydrogen) atoms. The zero-order valence-electron chi connectivity index (χ0n) is 15.5. The minimum absolute atomic E-state index is 0.334. The summed E-state index contributed by atoms with van der Waals surface area (Å²) in [5.41, 5.74) is 2.73. The minimum Gasteiger partial charge on any atom is -0.390 e. The molecule has 4 aliphatic rings. The standard InChI is InChI=1S/C22H33NO/c1-15-4-6-18(7-5-15)8-16(2)23-17(3)21-10-19-9-20(11-21)13-22(24,12-19)14-21/h4-7,16-17,19-20,23-24H,8-14H2,1-3H3/t16-,17-,19-,20-,21?,22?/m0/s1. The monoisotopic (exact) mass is 327 g/mol. The maximum Gasteiger partial charge on any atom is 0.0659 e. The number of aryl methyl sites for hydroxylation is 1. The molecule has 2 N–H and O–H groups in total. The van der Waals surface area contributed by atoms with Gasteiger partial charge in [0.2, 0.25) is 0 Å². The van der Waals surface area contributed by atoms with E-state index in [1.807, 2.05) is 0 Å². The van der Waals surface area contributed by atoms with Crippen molar-refractivity contribution in [2.24, 2.45) is 17.3 Å². The molecule has 4 bridgehead atoms. The van der Waals surface area contributed by atoms with Crippen LogP contribution in [0, 0.1) is 24.2 Å². The normalized spacial score (nSPS) is 39.8. The first kappa shape index (κ1) is 16.6. The molecule has 4 aliphatic carbocycles. The van der Waals surface area contributed by atoms with Crippen molar-refractivity contribution in [3.05, 3.63) is 35.4 Å². The predicted molar refractivity (Wildman–Crippen MR) is 99.0 cm³/mol. The van der Waals surface area contributed by atoms with Gasteiger partial charge in [0.1, 0.15) is 0 Å². The molecule has 4 saturated carbocycles. The number of aliphatic hydroxyl groups is 1. The maximum absolute atomic E-state index is 11.0. The van der Waals surface area contributed by atoms with Crippen LogP contribution in [0.4, 0.5) is 0 Å². The summed E-state index contributed by atoms with van der Waals surface area (Å²) in [6.45, 7) is 6.83. The van der Waals surface area contributed by atoms with Crippen molar-refractivity contribution < 1.29 is 5.11 Å². The third kappa shape index (κ3) is 3.04. The fraction of sp³-hybridized carbons (Fsp3) is 0.727. The molecule has 1 aromatic carbocycles. The lowest BCUT2D eigenvalue weighted by molar-refractivity contribution is -0.172. The van der Waals surface area contributed by atoms with Gasteiger partial charge in [0.25, 0.3) is 0 Å². The average Bonchev–Trinajstić information content (AvgIpc) is 2.47. The summed E-state index contributed by atoms with van der Waals surface area (Å²) >= 11 is 0. The van der Waals surface area contributed by atoms with Crippen molar-refractivity contribution in [1.82, 2.24) is 5.32 Å². The minimum atomic E-state index is -0.347. The van der Waals surface area contributed by atoms with Crippen LogP contribution in [0.5, 0.6) is 0 Å². The molecule has 0 heterocycles. The Hall–Kier alpha value is -0.860. The van der Waals surface area contributed by atoms with Crippen LogP contribution in [-0.4, -0.2) is 22.8 Å². The van der Waals surface area contributed by atoms with Gasteiger partial charge in [-0.25, -0.2) is 0 Å². The Morgan fingerprint density at radius 2 is 1.71 bits per heavy atom. The topological polar surface area (TPSA) is 32.3 Å². The van der Waals surface area contributed by atoms with Gasteiger partial charge >= 0.3 is 0 Å². The van der Waals surface area contributed by atoms with Crippen LogP contribution in [0.2, 0.25) is 0 Å². The number of rotatable bonds is 5. The predicted octanol–water partition coefficient (Wildman–Crippen LogP) is 4.24. The van der Waals surface area contributed by atoms with Crippen LogP contribution < -0.4 is 5.32 Å². The van der Waals surface area contributed by atoms with E-state index < -0.39 is 0 Å². The molecule has 0 radical (unpaired) electrons. The van der Waals surface area contributed by atoms with Gasteiger partial charge in [-0.1, -0.05) is 29.8 Å². The van der Waals surface area contributed by atoms with Crippen molar-refractivity contribution in [1.29, 1.82) is 0 Å². The van der Waals surface area contributed by atoms with E-state index in [4.69, 9.17) is 0 Å². The maximum atomic E-state index is 11.0. The quantitative estimate of drug-likeness (QED) is 0.848. The molecule has 0 unspecified atom stereocenters. The smallest absolute Gasteiger partial charge is 0.0659 e. The molecule has 0 spiro atoms. The van der Waals surface area contributed by atoms with Gasteiger partial charge in [-0.2, -0.15) is 0 Å². The molecule has 5 rings (SSSR count). The van der Waals surface area contributed by atoms with Gasteiger partial charge in [0.05, 0.1) is 5.60 Å². The molecule has 2 heteroatoms. The second kappa shape index (κ2) is 5.85. The van der Waals surface area contributed by atoms with E-state index in [9.17, 15) is 5.11 Å². The largest absolute Gasteiger partial charge is 0.390 e. The zero-order valence-corrected chi connectivity index (χ0v) is 15.5. The first-order chi connectivity index (χ1) is 11.4. The van der Waals surface area contributed by atoms with E-state index in [-0.39, 0.29) is 5.60 Å². The summed E-state index contributed by atoms with van der Waals surface area (Å²) in [5.74, 6) is 1.54. The van der Waals surface area contributed by atoms with Gasteiger partial charge in [0.15, 0.2) is 0 Å². The third-order valence-electron chi connectivity index (χ3n) is 7.19. The Balaban J connectivity index is 1.42. The van der Waals surface area contributed by atoms with E-state index in [0.29, 0.717) is 17.5 Å². The molecular weight excluding hydrogens is 294 g/mol. The molecule has 132 valence electrons. The van der Waals surface area contributed by atoms with E-state index in [0.717, 1.165) is 37.5 Å². The number of nitrogens with one attached hydrogen (secondary N) is 1. The van der Waals surface area contributed by atoms with E-state index in [2.05, 4.69) is 50.4 Å². The van der Waals surface area contributed by atoms with Crippen LogP contribution >= 0.6 is 0 Å². The van der Waals surface area contributed by atoms with Gasteiger partial charge in [0, 0.05) is 12.1 Å². The Labute approximate surface area is 147 Å². The summed E-state index contributed by atoms with van der Waals surface area (Å²) < 4.78 is 0. The molecule has 0 saturated heterocycles. The Bertz CT molecular complexity index is 578. The van der Waals surface area contributed by atoms with Gasteiger partial charge < -0.3 is 10.4 Å². The van der Waals surface area contributed by atoms with Crippen molar-refractivity contribution in [3.63, 3.8) is 0 Å². The zero-order chi connectivity index (χ0) is 16.9. The van der Waals surface area contributed by atoms with Crippen molar-refractivity contribution in [2.45, 2.75) is 83.4 Å². The fourth-order valence-corrected chi connectivity index (χ4v) is 6.53. The third-order valence-corrected chi connectivity index (χ3v) is 7.19. The molecule has 0 amide bonds. The highest BCUT2D eigenvalue weighted by atomic mass is 16.3. The molecule has 0 aromatic heterocycles. The number of hydrogen-bond donors (Lipinski definition) is 2. The SMILES string of the molecule is Cc1ccc(C[C@H](C)N[C@@H](C)C23C[C@@H]4C[C@H](CC(O)(C4)C2)C3)cc1. The lowest BCUT2D eigenvalue weighted by atomic mass is 9.46. The van der Waals surface area contributed by atoms with Gasteiger partial charge in [-0.05, 0) is 88.5 Å². The van der Waals surface area contributed by atoms with Gasteiger partial charge in [-0.15, -0.1) is 0 Å². The van der Waals surface area contributed by atoms with E-state index in [1.54, 1.807) is 0 Å². The second-order valence-corrected chi connectivity index (χ2v) is 9.53. The molecule has 1 aromatic rings. The highest BCUT2D eigenvalue weighted by Gasteiger charge is 2.58. The van der Waals surface area contributed by atoms with E-state index >= 15 is 0 Å².